The number of anilines is 2. The van der Waals surface area contributed by atoms with Crippen LogP contribution in [0.1, 0.15) is 44.4 Å². The van der Waals surface area contributed by atoms with Gasteiger partial charge in [-0.05, 0) is 33.7 Å². The molecule has 0 aromatic carbocycles. The van der Waals surface area contributed by atoms with Gasteiger partial charge in [-0.3, -0.25) is 4.90 Å². The van der Waals surface area contributed by atoms with Crippen molar-refractivity contribution in [3.63, 3.8) is 0 Å². The molecule has 5 heterocycles. The number of nitrogens with two attached hydrogens (primary N) is 1. The maximum Gasteiger partial charge on any atom is 0.418 e. The van der Waals surface area contributed by atoms with Crippen molar-refractivity contribution >= 4 is 22.5 Å². The molecule has 0 aliphatic carbocycles. The molecule has 2 unspecified atom stereocenters. The Morgan fingerprint density at radius 3 is 2.42 bits per heavy atom. The average molecular weight is 647 g/mol. The Morgan fingerprint density at radius 2 is 1.82 bits per heavy atom. The van der Waals surface area contributed by atoms with Crippen LogP contribution in [-0.2, 0) is 6.18 Å². The second-order valence-electron chi connectivity index (χ2n) is 11.4. The number of likely N-dealkylation sites (N-methyl/N-ethyl adjacent to an activating group) is 1. The quantitative estimate of drug-likeness (QED) is 0.195. The number of rotatable bonds is 11. The topological polar surface area (TPSA) is 123 Å². The standard InChI is InChI=1S/C28H33F7N8O2/c1-5-13(2)45-24-16-21(19(30)20(40-24)15-17(28(33,34)35)14(3)39-22(36)18(15)29)41-25(42-23(16)38-8-7-37-4)44-12-26-6-9-43(26)11-27(31,32)10-26/h13,37H,5-12H2,1-4H3,(H2,36,39)(H,38,41,42). The number of pyridine rings is 2. The first-order valence-corrected chi connectivity index (χ1v) is 14.4. The van der Waals surface area contributed by atoms with Gasteiger partial charge >= 0.3 is 12.2 Å². The normalized spacial score (nSPS) is 20.2. The number of ether oxygens (including phenoxy) is 2. The Kier molecular flexibility index (Phi) is 8.63. The first-order chi connectivity index (χ1) is 21.1. The third kappa shape index (κ3) is 6.11. The summed E-state index contributed by atoms with van der Waals surface area (Å²) in [6, 6.07) is -0.432. The largest absolute Gasteiger partial charge is 0.474 e. The lowest BCUT2D eigenvalue weighted by atomic mass is 9.85. The maximum absolute atomic E-state index is 16.5. The second-order valence-corrected chi connectivity index (χ2v) is 11.4. The van der Waals surface area contributed by atoms with Crippen molar-refractivity contribution in [2.45, 2.75) is 63.8 Å². The first kappa shape index (κ1) is 32.7. The number of hydrogen-bond donors (Lipinski definition) is 3. The van der Waals surface area contributed by atoms with Crippen molar-refractivity contribution in [3.05, 3.63) is 22.9 Å². The number of alkyl halides is 5. The van der Waals surface area contributed by atoms with E-state index in [-0.39, 0.29) is 30.2 Å². The van der Waals surface area contributed by atoms with Crippen LogP contribution in [0.2, 0.25) is 0 Å². The highest BCUT2D eigenvalue weighted by Crippen LogP contribution is 2.48. The molecule has 3 aromatic heterocycles. The molecular formula is C28H33F7N8O2. The van der Waals surface area contributed by atoms with E-state index >= 15 is 8.78 Å². The Labute approximate surface area is 253 Å². The van der Waals surface area contributed by atoms with Gasteiger partial charge in [0.25, 0.3) is 5.92 Å². The van der Waals surface area contributed by atoms with Crippen LogP contribution in [0.3, 0.4) is 0 Å². The highest BCUT2D eigenvalue weighted by atomic mass is 19.4. The highest BCUT2D eigenvalue weighted by molar-refractivity contribution is 5.96. The van der Waals surface area contributed by atoms with Gasteiger partial charge in [0, 0.05) is 26.1 Å². The van der Waals surface area contributed by atoms with Gasteiger partial charge in [0.1, 0.15) is 29.0 Å². The molecule has 45 heavy (non-hydrogen) atoms. The van der Waals surface area contributed by atoms with Crippen LogP contribution >= 0.6 is 0 Å². The number of aromatic nitrogens is 4. The Balaban J connectivity index is 1.73. The van der Waals surface area contributed by atoms with Crippen LogP contribution in [0.5, 0.6) is 11.9 Å². The number of aryl methyl sites for hydroxylation is 1. The summed E-state index contributed by atoms with van der Waals surface area (Å²) in [5.41, 5.74) is -0.557. The molecule has 2 aliphatic heterocycles. The summed E-state index contributed by atoms with van der Waals surface area (Å²) in [6.45, 7) is 4.84. The van der Waals surface area contributed by atoms with E-state index in [9.17, 15) is 22.0 Å². The fourth-order valence-corrected chi connectivity index (χ4v) is 5.68. The molecule has 3 aromatic rings. The van der Waals surface area contributed by atoms with Crippen LogP contribution in [-0.4, -0.2) is 82.2 Å². The van der Waals surface area contributed by atoms with E-state index < -0.39 is 88.2 Å². The van der Waals surface area contributed by atoms with Crippen LogP contribution in [0, 0.1) is 18.6 Å². The van der Waals surface area contributed by atoms with Gasteiger partial charge in [-0.1, -0.05) is 6.92 Å². The minimum absolute atomic E-state index is 0.0387. The number of fused-ring (bicyclic) bond motifs is 2. The number of hydrogen-bond acceptors (Lipinski definition) is 10. The van der Waals surface area contributed by atoms with E-state index in [4.69, 9.17) is 15.2 Å². The monoisotopic (exact) mass is 646 g/mol. The summed E-state index contributed by atoms with van der Waals surface area (Å²) in [6.07, 6.45) is -5.32. The van der Waals surface area contributed by atoms with Gasteiger partial charge in [0.15, 0.2) is 17.5 Å². The van der Waals surface area contributed by atoms with E-state index in [0.29, 0.717) is 25.9 Å². The van der Waals surface area contributed by atoms with E-state index in [0.717, 1.165) is 6.92 Å². The van der Waals surface area contributed by atoms with Crippen LogP contribution < -0.4 is 25.8 Å². The fourth-order valence-electron chi connectivity index (χ4n) is 5.68. The summed E-state index contributed by atoms with van der Waals surface area (Å²) in [7, 11) is 1.69. The Bertz CT molecular complexity index is 1610. The SMILES string of the molecule is CCC(C)Oc1nc(-c2c(F)c(N)nc(C)c2C(F)(F)F)c(F)c2nc(OCC34CCN3CC(F)(F)C4)nc(NCCNC)c12. The number of nitrogens with zero attached hydrogens (tertiary/aromatic N) is 5. The molecule has 0 amide bonds. The maximum atomic E-state index is 16.5. The van der Waals surface area contributed by atoms with E-state index in [2.05, 4.69) is 30.6 Å². The minimum Gasteiger partial charge on any atom is -0.474 e. The van der Waals surface area contributed by atoms with Crippen LogP contribution in [0.15, 0.2) is 0 Å². The zero-order chi connectivity index (χ0) is 32.9. The molecule has 0 bridgehead atoms. The van der Waals surface area contributed by atoms with Gasteiger partial charge in [-0.2, -0.15) is 23.1 Å². The van der Waals surface area contributed by atoms with Crippen molar-refractivity contribution in [2.24, 2.45) is 0 Å². The lowest BCUT2D eigenvalue weighted by Gasteiger charge is -2.46. The van der Waals surface area contributed by atoms with E-state index in [1.807, 2.05) is 0 Å². The van der Waals surface area contributed by atoms with Gasteiger partial charge in [0.2, 0.25) is 5.88 Å². The lowest BCUT2D eigenvalue weighted by Crippen LogP contribution is -2.59. The predicted molar refractivity (Wildman–Crippen MR) is 151 cm³/mol. The van der Waals surface area contributed by atoms with Gasteiger partial charge in [0.05, 0.1) is 35.0 Å². The van der Waals surface area contributed by atoms with Crippen molar-refractivity contribution in [3.8, 4) is 23.1 Å². The zero-order valence-corrected chi connectivity index (χ0v) is 25.0. The molecule has 246 valence electrons. The van der Waals surface area contributed by atoms with E-state index in [1.54, 1.807) is 25.8 Å². The molecule has 5 rings (SSSR count). The Hall–Kier alpha value is -3.73. The number of nitrogen functional groups attached to an aromatic ring is 1. The van der Waals surface area contributed by atoms with Crippen molar-refractivity contribution in [1.29, 1.82) is 0 Å². The summed E-state index contributed by atoms with van der Waals surface area (Å²) < 4.78 is 115. The van der Waals surface area contributed by atoms with Crippen LogP contribution in [0.4, 0.5) is 42.4 Å². The molecular weight excluding hydrogens is 613 g/mol. The highest BCUT2D eigenvalue weighted by Gasteiger charge is 2.60. The predicted octanol–water partition coefficient (Wildman–Crippen LogP) is 4.95. The fraction of sp³-hybridized carbons (Fsp3) is 0.571. The molecule has 2 saturated heterocycles. The third-order valence-electron chi connectivity index (χ3n) is 8.15. The molecule has 4 N–H and O–H groups in total. The first-order valence-electron chi connectivity index (χ1n) is 14.4. The molecule has 0 saturated carbocycles. The number of nitrogens with one attached hydrogen (secondary N) is 2. The average Bonchev–Trinajstić information content (AvgIpc) is 3.13. The van der Waals surface area contributed by atoms with E-state index in [1.165, 1.54) is 0 Å². The molecule has 2 aliphatic rings. The number of halogens is 7. The molecule has 0 radical (unpaired) electrons. The summed E-state index contributed by atoms with van der Waals surface area (Å²) in [4.78, 5) is 17.6. The summed E-state index contributed by atoms with van der Waals surface area (Å²) in [5, 5.41) is 5.78. The zero-order valence-electron chi connectivity index (χ0n) is 25.0. The molecule has 0 spiro atoms. The molecule has 17 heteroatoms. The minimum atomic E-state index is -5.17. The molecule has 2 atom stereocenters. The van der Waals surface area contributed by atoms with Crippen molar-refractivity contribution in [2.75, 3.05) is 50.9 Å². The second kappa shape index (κ2) is 11.9. The summed E-state index contributed by atoms with van der Waals surface area (Å²) in [5.74, 6) is -7.27. The van der Waals surface area contributed by atoms with Crippen molar-refractivity contribution < 1.29 is 40.2 Å². The van der Waals surface area contributed by atoms with Gasteiger partial charge in [-0.25, -0.2) is 27.5 Å². The third-order valence-corrected chi connectivity index (χ3v) is 8.15. The smallest absolute Gasteiger partial charge is 0.418 e. The van der Waals surface area contributed by atoms with Gasteiger partial charge < -0.3 is 25.8 Å². The van der Waals surface area contributed by atoms with Crippen molar-refractivity contribution in [1.82, 2.24) is 30.2 Å². The lowest BCUT2D eigenvalue weighted by molar-refractivity contribution is -0.138. The Morgan fingerprint density at radius 1 is 1.09 bits per heavy atom. The summed E-state index contributed by atoms with van der Waals surface area (Å²) >= 11 is 0. The van der Waals surface area contributed by atoms with Crippen LogP contribution in [0.25, 0.3) is 22.2 Å². The van der Waals surface area contributed by atoms with Gasteiger partial charge in [-0.15, -0.1) is 0 Å². The molecule has 2 fully saturated rings. The molecule has 10 nitrogen and oxygen atoms in total.